The summed E-state index contributed by atoms with van der Waals surface area (Å²) in [4.78, 5) is 2.11. The van der Waals surface area contributed by atoms with Crippen LogP contribution in [0.15, 0.2) is 4.42 Å². The number of aromatic nitrogens is 2. The summed E-state index contributed by atoms with van der Waals surface area (Å²) in [7, 11) is 0. The van der Waals surface area contributed by atoms with Gasteiger partial charge in [0.2, 0.25) is 11.8 Å². The molecule has 1 aromatic heterocycles. The van der Waals surface area contributed by atoms with Crippen molar-refractivity contribution < 1.29 is 9.52 Å². The second kappa shape index (κ2) is 6.12. The van der Waals surface area contributed by atoms with Crippen LogP contribution in [-0.4, -0.2) is 38.9 Å². The molecular weight excluding hydrogens is 218 g/mol. The minimum absolute atomic E-state index is 0.250. The zero-order valence-corrected chi connectivity index (χ0v) is 11.3. The molecule has 5 heteroatoms. The number of hydrogen-bond donors (Lipinski definition) is 1. The van der Waals surface area contributed by atoms with E-state index in [0.29, 0.717) is 30.9 Å². The van der Waals surface area contributed by atoms with Gasteiger partial charge in [-0.3, -0.25) is 4.90 Å². The van der Waals surface area contributed by atoms with Crippen molar-refractivity contribution in [1.82, 2.24) is 15.1 Å². The highest BCUT2D eigenvalue weighted by molar-refractivity contribution is 4.87. The van der Waals surface area contributed by atoms with Gasteiger partial charge in [-0.25, -0.2) is 0 Å². The van der Waals surface area contributed by atoms with Crippen LogP contribution in [0.2, 0.25) is 0 Å². The molecule has 98 valence electrons. The Morgan fingerprint density at radius 3 is 2.24 bits per heavy atom. The van der Waals surface area contributed by atoms with Crippen molar-refractivity contribution in [3.63, 3.8) is 0 Å². The van der Waals surface area contributed by atoms with E-state index in [4.69, 9.17) is 4.42 Å². The van der Waals surface area contributed by atoms with Crippen molar-refractivity contribution in [2.75, 3.05) is 6.54 Å². The molecule has 0 saturated carbocycles. The predicted octanol–water partition coefficient (Wildman–Crippen LogP) is 1.78. The zero-order valence-electron chi connectivity index (χ0n) is 11.3. The third-order valence-electron chi connectivity index (χ3n) is 2.54. The van der Waals surface area contributed by atoms with Crippen LogP contribution in [0.25, 0.3) is 0 Å². The molecule has 0 bridgehead atoms. The van der Waals surface area contributed by atoms with Crippen LogP contribution in [0, 0.1) is 0 Å². The second-order valence-electron chi connectivity index (χ2n) is 5.06. The first kappa shape index (κ1) is 14.1. The van der Waals surface area contributed by atoms with Gasteiger partial charge in [0.25, 0.3) is 0 Å². The van der Waals surface area contributed by atoms with Crippen molar-refractivity contribution >= 4 is 0 Å². The lowest BCUT2D eigenvalue weighted by molar-refractivity contribution is 0.0957. The average Bonchev–Trinajstić information content (AvgIpc) is 2.64. The summed E-state index contributed by atoms with van der Waals surface area (Å²) in [5, 5.41) is 17.5. The molecule has 1 aromatic rings. The van der Waals surface area contributed by atoms with E-state index in [0.717, 1.165) is 0 Å². The first-order valence-corrected chi connectivity index (χ1v) is 6.14. The lowest BCUT2D eigenvalue weighted by atomic mass is 10.2. The van der Waals surface area contributed by atoms with Gasteiger partial charge >= 0.3 is 0 Å². The third kappa shape index (κ3) is 4.44. The maximum absolute atomic E-state index is 9.43. The second-order valence-corrected chi connectivity index (χ2v) is 5.06. The maximum Gasteiger partial charge on any atom is 0.230 e. The molecule has 1 N–H and O–H groups in total. The summed E-state index contributed by atoms with van der Waals surface area (Å²) in [5.74, 6) is 1.53. The predicted molar refractivity (Wildman–Crippen MR) is 65.6 cm³/mol. The van der Waals surface area contributed by atoms with Gasteiger partial charge in [-0.1, -0.05) is 13.8 Å². The Morgan fingerprint density at radius 1 is 1.18 bits per heavy atom. The molecule has 1 atom stereocenters. The molecule has 1 rings (SSSR count). The van der Waals surface area contributed by atoms with Gasteiger partial charge in [-0.15, -0.1) is 10.2 Å². The molecule has 17 heavy (non-hydrogen) atoms. The van der Waals surface area contributed by atoms with Crippen LogP contribution in [0.1, 0.15) is 52.3 Å². The molecule has 0 aromatic carbocycles. The van der Waals surface area contributed by atoms with E-state index in [-0.39, 0.29) is 12.0 Å². The van der Waals surface area contributed by atoms with E-state index in [1.807, 2.05) is 13.8 Å². The normalized spacial score (nSPS) is 13.9. The first-order chi connectivity index (χ1) is 7.90. The van der Waals surface area contributed by atoms with Crippen LogP contribution < -0.4 is 0 Å². The monoisotopic (exact) mass is 241 g/mol. The Balaban J connectivity index is 2.65. The van der Waals surface area contributed by atoms with Gasteiger partial charge < -0.3 is 9.52 Å². The van der Waals surface area contributed by atoms with Crippen molar-refractivity contribution in [2.45, 2.75) is 59.2 Å². The smallest absolute Gasteiger partial charge is 0.230 e. The Bertz CT molecular complexity index is 334. The molecular formula is C12H23N3O2. The van der Waals surface area contributed by atoms with Crippen LogP contribution in [0.4, 0.5) is 0 Å². The van der Waals surface area contributed by atoms with Gasteiger partial charge in [0.1, 0.15) is 0 Å². The summed E-state index contributed by atoms with van der Waals surface area (Å²) >= 11 is 0. The standard InChI is InChI=1S/C12H23N3O2/c1-8(2)12-14-13-11(17-12)7-15(9(3)4)6-10(5)16/h8-10,16H,6-7H2,1-5H3. The fourth-order valence-electron chi connectivity index (χ4n) is 1.53. The number of nitrogens with zero attached hydrogens (tertiary/aromatic N) is 3. The fraction of sp³-hybridized carbons (Fsp3) is 0.833. The third-order valence-corrected chi connectivity index (χ3v) is 2.54. The highest BCUT2D eigenvalue weighted by atomic mass is 16.4. The quantitative estimate of drug-likeness (QED) is 0.822. The largest absolute Gasteiger partial charge is 0.424 e. The van der Waals surface area contributed by atoms with Gasteiger partial charge in [0, 0.05) is 18.5 Å². The molecule has 5 nitrogen and oxygen atoms in total. The van der Waals surface area contributed by atoms with E-state index < -0.39 is 0 Å². The lowest BCUT2D eigenvalue weighted by Gasteiger charge is -2.25. The van der Waals surface area contributed by atoms with Crippen LogP contribution >= 0.6 is 0 Å². The van der Waals surface area contributed by atoms with Gasteiger partial charge in [-0.2, -0.15) is 0 Å². The Kier molecular flexibility index (Phi) is 5.08. The molecule has 0 saturated heterocycles. The topological polar surface area (TPSA) is 62.4 Å². The molecule has 1 heterocycles. The van der Waals surface area contributed by atoms with Gasteiger partial charge in [0.15, 0.2) is 0 Å². The van der Waals surface area contributed by atoms with E-state index in [1.165, 1.54) is 0 Å². The van der Waals surface area contributed by atoms with E-state index in [2.05, 4.69) is 28.9 Å². The van der Waals surface area contributed by atoms with Gasteiger partial charge in [-0.05, 0) is 20.8 Å². The summed E-state index contributed by atoms with van der Waals surface area (Å²) < 4.78 is 5.56. The minimum Gasteiger partial charge on any atom is -0.424 e. The fourth-order valence-corrected chi connectivity index (χ4v) is 1.53. The van der Waals surface area contributed by atoms with Crippen molar-refractivity contribution in [3.05, 3.63) is 11.8 Å². The summed E-state index contributed by atoms with van der Waals surface area (Å²) in [6, 6.07) is 0.332. The van der Waals surface area contributed by atoms with E-state index >= 15 is 0 Å². The number of aliphatic hydroxyl groups is 1. The lowest BCUT2D eigenvalue weighted by Crippen LogP contribution is -2.36. The zero-order chi connectivity index (χ0) is 13.0. The van der Waals surface area contributed by atoms with Crippen molar-refractivity contribution in [1.29, 1.82) is 0 Å². The highest BCUT2D eigenvalue weighted by Gasteiger charge is 2.17. The Hall–Kier alpha value is -0.940. The highest BCUT2D eigenvalue weighted by Crippen LogP contribution is 2.14. The molecule has 0 spiro atoms. The van der Waals surface area contributed by atoms with E-state index in [9.17, 15) is 5.11 Å². The van der Waals surface area contributed by atoms with Crippen LogP contribution in [0.5, 0.6) is 0 Å². The Labute approximate surface area is 103 Å². The summed E-state index contributed by atoms with van der Waals surface area (Å²) in [6.45, 7) is 11.2. The van der Waals surface area contributed by atoms with Crippen LogP contribution in [-0.2, 0) is 6.54 Å². The summed E-state index contributed by atoms with van der Waals surface area (Å²) in [6.07, 6.45) is -0.357. The van der Waals surface area contributed by atoms with Crippen molar-refractivity contribution in [2.24, 2.45) is 0 Å². The number of aliphatic hydroxyl groups excluding tert-OH is 1. The molecule has 0 amide bonds. The molecule has 0 fully saturated rings. The Morgan fingerprint density at radius 2 is 1.82 bits per heavy atom. The minimum atomic E-state index is -0.357. The molecule has 0 aliphatic heterocycles. The molecule has 1 unspecified atom stereocenters. The summed E-state index contributed by atoms with van der Waals surface area (Å²) in [5.41, 5.74) is 0. The van der Waals surface area contributed by atoms with E-state index in [1.54, 1.807) is 6.92 Å². The van der Waals surface area contributed by atoms with Crippen molar-refractivity contribution in [3.8, 4) is 0 Å². The van der Waals surface area contributed by atoms with Gasteiger partial charge in [0.05, 0.1) is 12.6 Å². The van der Waals surface area contributed by atoms with Crippen LogP contribution in [0.3, 0.4) is 0 Å². The number of hydrogen-bond acceptors (Lipinski definition) is 5. The molecule has 0 radical (unpaired) electrons. The molecule has 0 aliphatic carbocycles. The first-order valence-electron chi connectivity index (χ1n) is 6.14. The molecule has 0 aliphatic rings. The average molecular weight is 241 g/mol. The SMILES string of the molecule is CC(O)CN(Cc1nnc(C(C)C)o1)C(C)C. The number of rotatable bonds is 6. The maximum atomic E-state index is 9.43.